The lowest BCUT2D eigenvalue weighted by molar-refractivity contribution is -0.121. The van der Waals surface area contributed by atoms with Crippen molar-refractivity contribution in [2.75, 3.05) is 11.9 Å². The number of fused-ring (bicyclic) bond motifs is 3. The van der Waals surface area contributed by atoms with Crippen LogP contribution in [0.3, 0.4) is 0 Å². The lowest BCUT2D eigenvalue weighted by atomic mass is 9.98. The van der Waals surface area contributed by atoms with E-state index < -0.39 is 6.61 Å². The summed E-state index contributed by atoms with van der Waals surface area (Å²) in [7, 11) is 1.77. The molecule has 3 N–H and O–H groups in total. The first-order chi connectivity index (χ1) is 14.7. The third-order valence-corrected chi connectivity index (χ3v) is 6.11. The number of carbonyl (C=O) groups excluding carboxylic acids is 1. The van der Waals surface area contributed by atoms with Crippen molar-refractivity contribution in [1.29, 1.82) is 0 Å². The average molecular weight is 459 g/mol. The molecule has 0 aliphatic heterocycles. The molecule has 31 heavy (non-hydrogen) atoms. The summed E-state index contributed by atoms with van der Waals surface area (Å²) in [5, 5.41) is 14.5. The molecule has 0 saturated heterocycles. The van der Waals surface area contributed by atoms with Gasteiger partial charge in [0.15, 0.2) is 5.78 Å². The second kappa shape index (κ2) is 8.00. The van der Waals surface area contributed by atoms with E-state index in [0.717, 1.165) is 16.6 Å². The largest absolute Gasteiger partial charge is 0.389 e. The molecule has 2 heterocycles. The predicted octanol–water partition coefficient (Wildman–Crippen LogP) is 4.19. The Kier molecular flexibility index (Phi) is 5.51. The summed E-state index contributed by atoms with van der Waals surface area (Å²) in [6.07, 6.45) is -0.00245. The third-order valence-electron chi connectivity index (χ3n) is 5.48. The number of Topliss-reactive ketones (excluding diaryl/α,β-unsaturated/α-hetero) is 1. The number of nitrogens with zero attached hydrogens (tertiary/aromatic N) is 2. The zero-order chi connectivity index (χ0) is 22.4. The highest BCUT2D eigenvalue weighted by Crippen LogP contribution is 2.35. The predicted molar refractivity (Wildman–Crippen MR) is 124 cm³/mol. The van der Waals surface area contributed by atoms with Crippen molar-refractivity contribution in [3.05, 3.63) is 61.5 Å². The summed E-state index contributed by atoms with van der Waals surface area (Å²) in [6, 6.07) is 6.95. The van der Waals surface area contributed by atoms with Gasteiger partial charge in [0.05, 0.1) is 32.2 Å². The summed E-state index contributed by atoms with van der Waals surface area (Å²) in [5.74, 6) is 0.0713. The molecule has 0 spiro atoms. The second-order valence-electron chi connectivity index (χ2n) is 7.45. The number of imidazole rings is 1. The van der Waals surface area contributed by atoms with E-state index in [9.17, 15) is 14.7 Å². The lowest BCUT2D eigenvalue weighted by Gasteiger charge is -2.11. The van der Waals surface area contributed by atoms with Crippen molar-refractivity contribution < 1.29 is 9.90 Å². The molecule has 2 aromatic carbocycles. The highest BCUT2D eigenvalue weighted by molar-refractivity contribution is 6.39. The van der Waals surface area contributed by atoms with Gasteiger partial charge in [-0.2, -0.15) is 0 Å². The first-order valence-electron chi connectivity index (χ1n) is 9.58. The van der Waals surface area contributed by atoms with Crippen LogP contribution in [-0.4, -0.2) is 32.0 Å². The fraction of sp³-hybridized carbons (Fsp3) is 0.227. The Bertz CT molecular complexity index is 1400. The van der Waals surface area contributed by atoms with Crippen LogP contribution < -0.4 is 10.9 Å². The minimum atomic E-state index is -0.569. The van der Waals surface area contributed by atoms with E-state index in [1.165, 1.54) is 0 Å². The van der Waals surface area contributed by atoms with Gasteiger partial charge in [0.25, 0.3) is 5.56 Å². The van der Waals surface area contributed by atoms with Crippen molar-refractivity contribution in [2.45, 2.75) is 20.3 Å². The van der Waals surface area contributed by atoms with E-state index in [-0.39, 0.29) is 17.8 Å². The van der Waals surface area contributed by atoms with Crippen molar-refractivity contribution in [3.63, 3.8) is 0 Å². The van der Waals surface area contributed by atoms with Gasteiger partial charge in [-0.25, -0.2) is 4.98 Å². The number of pyridine rings is 1. The number of H-pyrrole nitrogens is 1. The number of hydrogen-bond acceptors (Lipinski definition) is 5. The summed E-state index contributed by atoms with van der Waals surface area (Å²) >= 11 is 12.6. The Balaban J connectivity index is 2.06. The van der Waals surface area contributed by atoms with Gasteiger partial charge < -0.3 is 20.0 Å². The first kappa shape index (κ1) is 21.4. The Morgan fingerprint density at radius 2 is 1.94 bits per heavy atom. The van der Waals surface area contributed by atoms with Crippen molar-refractivity contribution in [2.24, 2.45) is 7.05 Å². The number of aryl methyl sites for hydroxylation is 3. The van der Waals surface area contributed by atoms with Crippen LogP contribution in [0.15, 0.2) is 29.1 Å². The summed E-state index contributed by atoms with van der Waals surface area (Å²) in [5.41, 5.74) is 3.60. The zero-order valence-corrected chi connectivity index (χ0v) is 18.6. The van der Waals surface area contributed by atoms with Crippen LogP contribution in [0.25, 0.3) is 21.8 Å². The molecule has 0 saturated carbocycles. The van der Waals surface area contributed by atoms with Gasteiger partial charge in [0.2, 0.25) is 5.95 Å². The van der Waals surface area contributed by atoms with Crippen LogP contribution in [0.1, 0.15) is 16.8 Å². The Morgan fingerprint density at radius 1 is 1.26 bits per heavy atom. The van der Waals surface area contributed by atoms with Gasteiger partial charge in [-0.05, 0) is 48.6 Å². The van der Waals surface area contributed by atoms with E-state index in [2.05, 4.69) is 15.3 Å². The quantitative estimate of drug-likeness (QED) is 0.416. The monoisotopic (exact) mass is 458 g/mol. The molecule has 0 atom stereocenters. The van der Waals surface area contributed by atoms with Crippen molar-refractivity contribution >= 4 is 62.4 Å². The fourth-order valence-electron chi connectivity index (χ4n) is 3.75. The average Bonchev–Trinajstić information content (AvgIpc) is 3.05. The Labute approximate surface area is 187 Å². The summed E-state index contributed by atoms with van der Waals surface area (Å²) in [4.78, 5) is 32.5. The van der Waals surface area contributed by atoms with Gasteiger partial charge in [-0.15, -0.1) is 0 Å². The number of carbonyl (C=O) groups is 1. The van der Waals surface area contributed by atoms with Crippen LogP contribution >= 0.6 is 23.2 Å². The van der Waals surface area contributed by atoms with E-state index in [1.807, 2.05) is 19.9 Å². The van der Waals surface area contributed by atoms with Gasteiger partial charge in [-0.3, -0.25) is 9.59 Å². The topological polar surface area (TPSA) is 100 Å². The van der Waals surface area contributed by atoms with Gasteiger partial charge >= 0.3 is 0 Å². The van der Waals surface area contributed by atoms with Gasteiger partial charge in [0.1, 0.15) is 6.61 Å². The number of benzene rings is 2. The Hall–Kier alpha value is -2.87. The molecule has 4 aromatic rings. The van der Waals surface area contributed by atoms with Crippen LogP contribution in [0.5, 0.6) is 0 Å². The molecule has 4 rings (SSSR count). The fourth-order valence-corrected chi connectivity index (χ4v) is 4.24. The molecule has 0 radical (unpaired) electrons. The van der Waals surface area contributed by atoms with Crippen molar-refractivity contribution in [1.82, 2.24) is 14.5 Å². The maximum absolute atomic E-state index is 12.9. The number of aromatic amines is 1. The number of para-hydroxylation sites is 1. The van der Waals surface area contributed by atoms with Crippen LogP contribution in [0.2, 0.25) is 10.0 Å². The molecule has 160 valence electrons. The smallest absolute Gasteiger partial charge is 0.258 e. The second-order valence-corrected chi connectivity index (χ2v) is 8.26. The standard InChI is InChI=1S/C22H20Cl2N4O3/c1-10-11(2)25-21(31)17-14(10)8-12(7-13(30)9-29)18-20(17)28(3)22(26-18)27-19-15(23)5-4-6-16(19)24/h4-6,8,29H,7,9H2,1-3H3,(H,25,31)(H,26,27). The summed E-state index contributed by atoms with van der Waals surface area (Å²) < 4.78 is 1.74. The number of aromatic nitrogens is 3. The molecule has 7 nitrogen and oxygen atoms in total. The normalized spacial score (nSPS) is 11.4. The number of rotatable bonds is 5. The van der Waals surface area contributed by atoms with E-state index in [4.69, 9.17) is 23.2 Å². The number of hydrogen-bond donors (Lipinski definition) is 3. The number of anilines is 2. The molecule has 0 aliphatic rings. The number of aliphatic hydroxyl groups excluding tert-OH is 1. The molecular formula is C22H20Cl2N4O3. The molecule has 0 unspecified atom stereocenters. The zero-order valence-electron chi connectivity index (χ0n) is 17.1. The lowest BCUT2D eigenvalue weighted by Crippen LogP contribution is -2.13. The maximum Gasteiger partial charge on any atom is 0.258 e. The highest BCUT2D eigenvalue weighted by Gasteiger charge is 2.21. The first-order valence-corrected chi connectivity index (χ1v) is 10.3. The minimum Gasteiger partial charge on any atom is -0.389 e. The van der Waals surface area contributed by atoms with Crippen LogP contribution in [0, 0.1) is 13.8 Å². The Morgan fingerprint density at radius 3 is 2.58 bits per heavy atom. The molecule has 0 aliphatic carbocycles. The number of nitrogens with one attached hydrogen (secondary N) is 2. The minimum absolute atomic E-state index is 0.00245. The third kappa shape index (κ3) is 3.59. The number of aliphatic hydroxyl groups is 1. The SMILES string of the molecule is Cc1[nH]c(=O)c2c(cc(CC(=O)CO)c3nc(Nc4c(Cl)cccc4Cl)n(C)c32)c1C. The molecule has 0 amide bonds. The van der Waals surface area contributed by atoms with Crippen LogP contribution in [-0.2, 0) is 18.3 Å². The van der Waals surface area contributed by atoms with Gasteiger partial charge in [-0.1, -0.05) is 29.3 Å². The van der Waals surface area contributed by atoms with E-state index in [0.29, 0.717) is 43.7 Å². The molecule has 9 heteroatoms. The number of ketones is 1. The molecule has 2 aromatic heterocycles. The van der Waals surface area contributed by atoms with Crippen molar-refractivity contribution in [3.8, 4) is 0 Å². The maximum atomic E-state index is 12.9. The number of halogens is 2. The van der Waals surface area contributed by atoms with E-state index >= 15 is 0 Å². The van der Waals surface area contributed by atoms with Crippen LogP contribution in [0.4, 0.5) is 11.6 Å². The molecular weight excluding hydrogens is 439 g/mol. The summed E-state index contributed by atoms with van der Waals surface area (Å²) in [6.45, 7) is 3.17. The molecule has 0 fully saturated rings. The van der Waals surface area contributed by atoms with Gasteiger partial charge in [0, 0.05) is 19.2 Å². The van der Waals surface area contributed by atoms with E-state index in [1.54, 1.807) is 29.8 Å². The highest BCUT2D eigenvalue weighted by atomic mass is 35.5. The molecule has 0 bridgehead atoms.